The number of carbonyl (C=O) groups excluding carboxylic acids is 2. The molecule has 0 radical (unpaired) electrons. The fourth-order valence-corrected chi connectivity index (χ4v) is 4.59. The molecule has 1 aliphatic carbocycles. The first-order chi connectivity index (χ1) is 16.9. The van der Waals surface area contributed by atoms with E-state index in [2.05, 4.69) is 16.4 Å². The largest absolute Gasteiger partial charge is 0.490 e. The fraction of sp³-hybridized carbons (Fsp3) is 0.600. The molecule has 1 aromatic rings. The summed E-state index contributed by atoms with van der Waals surface area (Å²) in [6.45, 7) is 10.4. The summed E-state index contributed by atoms with van der Waals surface area (Å²) in [5, 5.41) is 10.4. The summed E-state index contributed by atoms with van der Waals surface area (Å²) in [4.78, 5) is 40.3. The monoisotopic (exact) mass is 526 g/mol. The Bertz CT molecular complexity index is 1120. The van der Waals surface area contributed by atoms with Gasteiger partial charge in [0.2, 0.25) is 11.8 Å². The van der Waals surface area contributed by atoms with Gasteiger partial charge in [0.25, 0.3) is 0 Å². The molecule has 1 aromatic carbocycles. The van der Waals surface area contributed by atoms with Gasteiger partial charge in [0, 0.05) is 24.4 Å². The molecule has 1 saturated carbocycles. The lowest BCUT2D eigenvalue weighted by Gasteiger charge is -2.38. The number of ether oxygens (including phenoxy) is 1. The van der Waals surface area contributed by atoms with Gasteiger partial charge in [-0.15, -0.1) is 0 Å². The Kier molecular flexibility index (Phi) is 7.54. The topological polar surface area (TPSA) is 134 Å². The van der Waals surface area contributed by atoms with Crippen LogP contribution < -0.4 is 15.8 Å². The van der Waals surface area contributed by atoms with Gasteiger partial charge >= 0.3 is 12.1 Å². The molecule has 12 heteroatoms. The molecule has 0 bridgehead atoms. The lowest BCUT2D eigenvalue weighted by atomic mass is 9.89. The number of aryl methyl sites for hydroxylation is 1. The third-order valence-electron chi connectivity index (χ3n) is 6.44. The van der Waals surface area contributed by atoms with Crippen molar-refractivity contribution in [2.45, 2.75) is 77.2 Å². The number of guanidine groups is 1. The number of carboxylic acids is 1. The molecule has 2 heterocycles. The predicted octanol–water partition coefficient (Wildman–Crippen LogP) is 3.31. The normalized spacial score (nSPS) is 25.5. The molecular formula is C25H33F3N4O5. The van der Waals surface area contributed by atoms with E-state index in [1.165, 1.54) is 0 Å². The van der Waals surface area contributed by atoms with Crippen molar-refractivity contribution in [1.82, 2.24) is 10.2 Å². The number of hydrogen-bond donors (Lipinski definition) is 3. The maximum atomic E-state index is 13.0. The van der Waals surface area contributed by atoms with E-state index in [-0.39, 0.29) is 41.3 Å². The standard InChI is InChI=1S/C23H32N4O3.C2HF3O2/c1-13-6-7-18-16(8-13)17(10-23(4,5)30-18)25-20(29)15-9-14(15)12-27-19(28)11-22(2,3)26-21(27)24;3-2(4,5)1(6)7/h6-8,14-15,17H,9-12H2,1-5H3,(H2,24,26)(H,25,29);(H,6,7)/t14-,15+,17-;/m0./s1. The summed E-state index contributed by atoms with van der Waals surface area (Å²) in [7, 11) is 0. The quantitative estimate of drug-likeness (QED) is 0.551. The van der Waals surface area contributed by atoms with E-state index in [1.54, 1.807) is 4.90 Å². The number of amides is 2. The number of nitrogens with two attached hydrogens (primary N) is 1. The number of nitrogens with zero attached hydrogens (tertiary/aromatic N) is 2. The second-order valence-electron chi connectivity index (χ2n) is 11.0. The molecule has 0 aromatic heterocycles. The smallest absolute Gasteiger partial charge is 0.487 e. The number of halogens is 3. The number of alkyl halides is 3. The van der Waals surface area contributed by atoms with Gasteiger partial charge in [-0.2, -0.15) is 13.2 Å². The first kappa shape index (κ1) is 28.3. The van der Waals surface area contributed by atoms with Crippen LogP contribution in [0, 0.1) is 18.8 Å². The number of carboxylic acid groups (broad SMARTS) is 1. The number of aliphatic imine (C=N–C) groups is 1. The van der Waals surface area contributed by atoms with E-state index in [9.17, 15) is 22.8 Å². The highest BCUT2D eigenvalue weighted by atomic mass is 19.4. The lowest BCUT2D eigenvalue weighted by Crippen LogP contribution is -2.50. The van der Waals surface area contributed by atoms with Crippen LogP contribution in [-0.2, 0) is 14.4 Å². The maximum Gasteiger partial charge on any atom is 0.490 e. The molecule has 3 atom stereocenters. The molecule has 204 valence electrons. The molecule has 0 saturated heterocycles. The molecule has 9 nitrogen and oxygen atoms in total. The second-order valence-corrected chi connectivity index (χ2v) is 11.0. The Labute approximate surface area is 213 Å². The number of rotatable bonds is 4. The average molecular weight is 527 g/mol. The third kappa shape index (κ3) is 7.14. The summed E-state index contributed by atoms with van der Waals surface area (Å²) in [5.41, 5.74) is 7.40. The van der Waals surface area contributed by atoms with Crippen LogP contribution in [0.3, 0.4) is 0 Å². The molecule has 4 rings (SSSR count). The van der Waals surface area contributed by atoms with Crippen molar-refractivity contribution in [3.05, 3.63) is 29.3 Å². The Morgan fingerprint density at radius 3 is 2.46 bits per heavy atom. The van der Waals surface area contributed by atoms with Crippen molar-refractivity contribution in [2.24, 2.45) is 22.6 Å². The van der Waals surface area contributed by atoms with Crippen molar-refractivity contribution in [1.29, 1.82) is 0 Å². The first-order valence-corrected chi connectivity index (χ1v) is 11.9. The van der Waals surface area contributed by atoms with Crippen LogP contribution in [-0.4, -0.2) is 57.6 Å². The minimum absolute atomic E-state index is 0.0193. The summed E-state index contributed by atoms with van der Waals surface area (Å²) < 4.78 is 37.8. The minimum atomic E-state index is -5.08. The number of aliphatic carboxylic acids is 1. The number of carbonyl (C=O) groups is 3. The molecule has 0 spiro atoms. The van der Waals surface area contributed by atoms with E-state index in [0.717, 1.165) is 23.3 Å². The molecule has 37 heavy (non-hydrogen) atoms. The van der Waals surface area contributed by atoms with Gasteiger partial charge in [0.15, 0.2) is 5.96 Å². The maximum absolute atomic E-state index is 13.0. The highest BCUT2D eigenvalue weighted by Gasteiger charge is 2.47. The van der Waals surface area contributed by atoms with Gasteiger partial charge in [-0.25, -0.2) is 9.79 Å². The number of nitrogens with one attached hydrogen (secondary N) is 1. The van der Waals surface area contributed by atoms with E-state index >= 15 is 0 Å². The fourth-order valence-electron chi connectivity index (χ4n) is 4.59. The second kappa shape index (κ2) is 9.86. The Morgan fingerprint density at radius 1 is 1.27 bits per heavy atom. The highest BCUT2D eigenvalue weighted by Crippen LogP contribution is 2.43. The van der Waals surface area contributed by atoms with Gasteiger partial charge in [-0.3, -0.25) is 14.5 Å². The molecule has 4 N–H and O–H groups in total. The summed E-state index contributed by atoms with van der Waals surface area (Å²) in [6, 6.07) is 6.02. The van der Waals surface area contributed by atoms with E-state index < -0.39 is 17.7 Å². The van der Waals surface area contributed by atoms with Gasteiger partial charge < -0.3 is 20.9 Å². The molecule has 3 aliphatic rings. The molecule has 1 fully saturated rings. The van der Waals surface area contributed by atoms with Crippen molar-refractivity contribution in [3.8, 4) is 5.75 Å². The van der Waals surface area contributed by atoms with Crippen LogP contribution in [0.1, 0.15) is 64.1 Å². The number of fused-ring (bicyclic) bond motifs is 1. The van der Waals surface area contributed by atoms with E-state index in [4.69, 9.17) is 20.4 Å². The zero-order valence-corrected chi connectivity index (χ0v) is 21.5. The van der Waals surface area contributed by atoms with Gasteiger partial charge in [0.05, 0.1) is 18.0 Å². The van der Waals surface area contributed by atoms with E-state index in [0.29, 0.717) is 19.4 Å². The van der Waals surface area contributed by atoms with Crippen LogP contribution in [0.15, 0.2) is 23.2 Å². The van der Waals surface area contributed by atoms with Crippen LogP contribution in [0.4, 0.5) is 13.2 Å². The molecule has 2 amide bonds. The van der Waals surface area contributed by atoms with Gasteiger partial charge in [0.1, 0.15) is 11.4 Å². The number of benzene rings is 1. The van der Waals surface area contributed by atoms with Crippen molar-refractivity contribution in [3.63, 3.8) is 0 Å². The third-order valence-corrected chi connectivity index (χ3v) is 6.44. The Balaban J connectivity index is 0.000000479. The van der Waals surface area contributed by atoms with E-state index in [1.807, 2.05) is 46.8 Å². The van der Waals surface area contributed by atoms with Crippen LogP contribution in [0.5, 0.6) is 5.75 Å². The first-order valence-electron chi connectivity index (χ1n) is 11.9. The van der Waals surface area contributed by atoms with Crippen molar-refractivity contribution in [2.75, 3.05) is 6.54 Å². The average Bonchev–Trinajstić information content (AvgIpc) is 3.49. The SMILES string of the molecule is Cc1ccc2c(c1)[C@@H](NC(=O)[C@@H]1C[C@H]1CN1C(=O)CC(C)(C)N=C1N)CC(C)(C)O2.O=C(O)C(F)(F)F. The molecule has 0 unspecified atom stereocenters. The van der Waals surface area contributed by atoms with Crippen molar-refractivity contribution < 1.29 is 37.4 Å². The molecule has 2 aliphatic heterocycles. The highest BCUT2D eigenvalue weighted by molar-refractivity contribution is 5.99. The summed E-state index contributed by atoms with van der Waals surface area (Å²) in [6.07, 6.45) is -3.27. The summed E-state index contributed by atoms with van der Waals surface area (Å²) in [5.74, 6) is -1.62. The predicted molar refractivity (Wildman–Crippen MR) is 129 cm³/mol. The Morgan fingerprint density at radius 2 is 1.89 bits per heavy atom. The van der Waals surface area contributed by atoms with Crippen LogP contribution in [0.25, 0.3) is 0 Å². The minimum Gasteiger partial charge on any atom is -0.487 e. The molecular weight excluding hydrogens is 493 g/mol. The zero-order valence-electron chi connectivity index (χ0n) is 21.5. The van der Waals surface area contributed by atoms with Crippen LogP contribution >= 0.6 is 0 Å². The van der Waals surface area contributed by atoms with Gasteiger partial charge in [-0.05, 0) is 53.0 Å². The lowest BCUT2D eigenvalue weighted by molar-refractivity contribution is -0.192. The summed E-state index contributed by atoms with van der Waals surface area (Å²) >= 11 is 0. The Hall–Kier alpha value is -3.31. The zero-order chi connectivity index (χ0) is 27.9. The van der Waals surface area contributed by atoms with Gasteiger partial charge in [-0.1, -0.05) is 17.7 Å². The van der Waals surface area contributed by atoms with Crippen LogP contribution in [0.2, 0.25) is 0 Å². The number of hydrogen-bond acceptors (Lipinski definition) is 6. The van der Waals surface area contributed by atoms with Crippen molar-refractivity contribution >= 4 is 23.7 Å².